The third-order valence-corrected chi connectivity index (χ3v) is 7.16. The van der Waals surface area contributed by atoms with Crippen molar-refractivity contribution >= 4 is 35.1 Å². The second-order valence-electron chi connectivity index (χ2n) is 7.46. The van der Waals surface area contributed by atoms with Crippen LogP contribution in [0.25, 0.3) is 0 Å². The molecule has 1 aromatic heterocycles. The molecule has 0 aliphatic carbocycles. The van der Waals surface area contributed by atoms with Crippen molar-refractivity contribution in [2.75, 3.05) is 11.1 Å². The molecule has 0 fully saturated rings. The molecule has 0 bridgehead atoms. The fourth-order valence-electron chi connectivity index (χ4n) is 3.43. The number of hydrogen-bond acceptors (Lipinski definition) is 5. The molecule has 1 unspecified atom stereocenters. The van der Waals surface area contributed by atoms with E-state index >= 15 is 0 Å². The highest BCUT2D eigenvalue weighted by atomic mass is 32.2. The van der Waals surface area contributed by atoms with Crippen LogP contribution in [0.5, 0.6) is 0 Å². The summed E-state index contributed by atoms with van der Waals surface area (Å²) in [6.07, 6.45) is 1.36. The molecular formula is C23H21F2N3O2S2. The number of nitrogens with one attached hydrogen (secondary N) is 1. The van der Waals surface area contributed by atoms with Crippen LogP contribution in [0, 0.1) is 11.6 Å². The van der Waals surface area contributed by atoms with Gasteiger partial charge < -0.3 is 5.32 Å². The van der Waals surface area contributed by atoms with Crippen LogP contribution in [-0.4, -0.2) is 26.5 Å². The summed E-state index contributed by atoms with van der Waals surface area (Å²) in [5.74, 6) is -2.08. The Kier molecular flexibility index (Phi) is 6.95. The maximum Gasteiger partial charge on any atom is 0.268 e. The van der Waals surface area contributed by atoms with Crippen molar-refractivity contribution in [2.45, 2.75) is 41.6 Å². The third kappa shape index (κ3) is 5.21. The monoisotopic (exact) mass is 473 g/mol. The molecule has 0 radical (unpaired) electrons. The van der Waals surface area contributed by atoms with E-state index in [9.17, 15) is 18.4 Å². The minimum absolute atomic E-state index is 0.0594. The van der Waals surface area contributed by atoms with Crippen LogP contribution in [0.1, 0.15) is 18.2 Å². The Morgan fingerprint density at radius 2 is 2.03 bits per heavy atom. The number of fused-ring (bicyclic) bond motifs is 1. The van der Waals surface area contributed by atoms with E-state index in [0.717, 1.165) is 29.1 Å². The minimum Gasteiger partial charge on any atom is -0.323 e. The predicted octanol–water partition coefficient (Wildman–Crippen LogP) is 4.53. The number of amides is 1. The maximum absolute atomic E-state index is 13.8. The quantitative estimate of drug-likeness (QED) is 0.404. The number of hydrogen-bond donors (Lipinski definition) is 1. The lowest BCUT2D eigenvalue weighted by molar-refractivity contribution is -0.113. The van der Waals surface area contributed by atoms with E-state index in [4.69, 9.17) is 0 Å². The summed E-state index contributed by atoms with van der Waals surface area (Å²) in [5, 5.41) is 3.18. The number of carbonyl (C=O) groups is 1. The number of halogens is 2. The van der Waals surface area contributed by atoms with Crippen molar-refractivity contribution in [3.63, 3.8) is 0 Å². The Morgan fingerprint density at radius 3 is 2.78 bits per heavy atom. The van der Waals surface area contributed by atoms with Gasteiger partial charge in [0.1, 0.15) is 11.6 Å². The number of carbonyl (C=O) groups excluding carboxylic acids is 1. The molecule has 3 aromatic rings. The Hall–Kier alpha value is -2.65. The van der Waals surface area contributed by atoms with Gasteiger partial charge in [0.25, 0.3) is 5.56 Å². The van der Waals surface area contributed by atoms with Crippen molar-refractivity contribution in [1.82, 2.24) is 9.55 Å². The second kappa shape index (κ2) is 9.87. The van der Waals surface area contributed by atoms with Crippen molar-refractivity contribution < 1.29 is 13.6 Å². The Morgan fingerprint density at radius 1 is 1.25 bits per heavy atom. The van der Waals surface area contributed by atoms with E-state index < -0.39 is 17.5 Å². The highest BCUT2D eigenvalue weighted by molar-refractivity contribution is 8.00. The summed E-state index contributed by atoms with van der Waals surface area (Å²) in [6, 6.07) is 12.8. The molecule has 0 spiro atoms. The van der Waals surface area contributed by atoms with Gasteiger partial charge in [-0.15, -0.1) is 11.8 Å². The van der Waals surface area contributed by atoms with Gasteiger partial charge in [0, 0.05) is 24.3 Å². The van der Waals surface area contributed by atoms with E-state index in [0.29, 0.717) is 35.5 Å². The van der Waals surface area contributed by atoms with Gasteiger partial charge in [0.2, 0.25) is 5.91 Å². The molecule has 0 saturated heterocycles. The first-order valence-electron chi connectivity index (χ1n) is 10.1. The predicted molar refractivity (Wildman–Crippen MR) is 123 cm³/mol. The fraction of sp³-hybridized carbons (Fsp3) is 0.261. The number of anilines is 1. The number of nitrogens with zero attached hydrogens (tertiary/aromatic N) is 2. The Labute approximate surface area is 192 Å². The summed E-state index contributed by atoms with van der Waals surface area (Å²) >= 11 is 2.67. The average molecular weight is 474 g/mol. The molecule has 166 valence electrons. The molecule has 9 heteroatoms. The van der Waals surface area contributed by atoms with E-state index in [1.54, 1.807) is 4.57 Å². The van der Waals surface area contributed by atoms with Gasteiger partial charge in [-0.25, -0.2) is 13.8 Å². The molecule has 1 amide bonds. The van der Waals surface area contributed by atoms with Crippen LogP contribution >= 0.6 is 23.5 Å². The summed E-state index contributed by atoms with van der Waals surface area (Å²) in [7, 11) is 0. The summed E-state index contributed by atoms with van der Waals surface area (Å²) < 4.78 is 28.5. The summed E-state index contributed by atoms with van der Waals surface area (Å²) in [5.41, 5.74) is 1.68. The van der Waals surface area contributed by atoms with Gasteiger partial charge >= 0.3 is 0 Å². The lowest BCUT2D eigenvalue weighted by atomic mass is 10.1. The average Bonchev–Trinajstić information content (AvgIpc) is 3.15. The molecule has 4 rings (SSSR count). The number of benzene rings is 2. The summed E-state index contributed by atoms with van der Waals surface area (Å²) in [4.78, 5) is 30.9. The summed E-state index contributed by atoms with van der Waals surface area (Å²) in [6.45, 7) is 2.49. The van der Waals surface area contributed by atoms with Crippen LogP contribution in [0.2, 0.25) is 0 Å². The second-order valence-corrected chi connectivity index (χ2v) is 9.85. The third-order valence-electron chi connectivity index (χ3n) is 4.97. The normalized spacial score (nSPS) is 14.9. The Bertz CT molecular complexity index is 1200. The van der Waals surface area contributed by atoms with Gasteiger partial charge in [-0.2, -0.15) is 0 Å². The first-order chi connectivity index (χ1) is 15.4. The minimum atomic E-state index is -0.843. The lowest BCUT2D eigenvalue weighted by Crippen LogP contribution is -2.27. The molecule has 0 saturated carbocycles. The van der Waals surface area contributed by atoms with E-state index in [2.05, 4.69) is 17.2 Å². The first-order valence-corrected chi connectivity index (χ1v) is 12.0. The molecular weight excluding hydrogens is 452 g/mol. The zero-order valence-corrected chi connectivity index (χ0v) is 18.9. The maximum atomic E-state index is 13.8. The van der Waals surface area contributed by atoms with Gasteiger partial charge in [-0.3, -0.25) is 14.2 Å². The largest absolute Gasteiger partial charge is 0.323 e. The molecule has 5 nitrogen and oxygen atoms in total. The van der Waals surface area contributed by atoms with E-state index in [1.807, 2.05) is 30.3 Å². The number of thioether (sulfide) groups is 2. The standard InChI is InChI=1S/C23H21F2N3O2S2/c1-14-11-19-21(32-14)22(30)28(10-9-15-5-3-2-4-6-15)23(27-19)31-13-20(29)26-18-8-7-16(24)12-17(18)25/h2-8,12,14H,9-11,13H2,1H3,(H,26,29). The molecule has 1 aliphatic heterocycles. The van der Waals surface area contributed by atoms with Crippen LogP contribution < -0.4 is 10.9 Å². The van der Waals surface area contributed by atoms with Crippen molar-refractivity contribution in [3.05, 3.63) is 81.8 Å². The lowest BCUT2D eigenvalue weighted by Gasteiger charge is -2.14. The zero-order chi connectivity index (χ0) is 22.7. The van der Waals surface area contributed by atoms with Gasteiger partial charge in [-0.05, 0) is 24.1 Å². The van der Waals surface area contributed by atoms with Crippen LogP contribution in [0.4, 0.5) is 14.5 Å². The van der Waals surface area contributed by atoms with Gasteiger partial charge in [0.05, 0.1) is 22.0 Å². The van der Waals surface area contributed by atoms with Crippen molar-refractivity contribution in [2.24, 2.45) is 0 Å². The van der Waals surface area contributed by atoms with Crippen LogP contribution in [-0.2, 0) is 24.2 Å². The van der Waals surface area contributed by atoms with E-state index in [1.165, 1.54) is 17.8 Å². The number of aryl methyl sites for hydroxylation is 1. The van der Waals surface area contributed by atoms with Crippen LogP contribution in [0.15, 0.2) is 63.4 Å². The number of aromatic nitrogens is 2. The highest BCUT2D eigenvalue weighted by Gasteiger charge is 2.26. The van der Waals surface area contributed by atoms with Crippen molar-refractivity contribution in [1.29, 1.82) is 0 Å². The van der Waals surface area contributed by atoms with Gasteiger partial charge in [0.15, 0.2) is 5.16 Å². The Balaban J connectivity index is 1.52. The van der Waals surface area contributed by atoms with Crippen molar-refractivity contribution in [3.8, 4) is 0 Å². The molecule has 1 aliphatic rings. The van der Waals surface area contributed by atoms with E-state index in [-0.39, 0.29) is 22.2 Å². The molecule has 2 aromatic carbocycles. The first kappa shape index (κ1) is 22.5. The topological polar surface area (TPSA) is 64.0 Å². The molecule has 32 heavy (non-hydrogen) atoms. The highest BCUT2D eigenvalue weighted by Crippen LogP contribution is 2.34. The zero-order valence-electron chi connectivity index (χ0n) is 17.3. The fourth-order valence-corrected chi connectivity index (χ4v) is 5.39. The SMILES string of the molecule is CC1Cc2nc(SCC(=O)Nc3ccc(F)cc3F)n(CCc3ccccc3)c(=O)c2S1. The van der Waals surface area contributed by atoms with Gasteiger partial charge in [-0.1, -0.05) is 49.0 Å². The molecule has 2 heterocycles. The molecule has 1 N–H and O–H groups in total. The number of rotatable bonds is 7. The molecule has 1 atom stereocenters. The van der Waals surface area contributed by atoms with Crippen LogP contribution in [0.3, 0.4) is 0 Å². The smallest absolute Gasteiger partial charge is 0.268 e.